The normalized spacial score (nSPS) is 10.1. The first kappa shape index (κ1) is 17.4. The molecule has 2 N–H and O–H groups in total. The lowest BCUT2D eigenvalue weighted by Gasteiger charge is -2.11. The van der Waals surface area contributed by atoms with E-state index in [-0.39, 0.29) is 21.9 Å². The Kier molecular flexibility index (Phi) is 5.71. The summed E-state index contributed by atoms with van der Waals surface area (Å²) in [6, 6.07) is 8.92. The number of nitrogens with one attached hydrogen (secondary N) is 2. The molecule has 0 heterocycles. The van der Waals surface area contributed by atoms with E-state index < -0.39 is 11.8 Å². The van der Waals surface area contributed by atoms with Crippen molar-refractivity contribution in [3.63, 3.8) is 0 Å². The lowest BCUT2D eigenvalue weighted by atomic mass is 10.2. The Bertz CT molecular complexity index is 766. The van der Waals surface area contributed by atoms with E-state index in [9.17, 15) is 9.59 Å². The molecule has 0 spiro atoms. The van der Waals surface area contributed by atoms with Crippen LogP contribution in [0.2, 0.25) is 15.1 Å². The molecule has 0 bridgehead atoms. The molecule has 2 aromatic carbocycles. The van der Waals surface area contributed by atoms with Crippen molar-refractivity contribution in [2.75, 3.05) is 7.11 Å². The monoisotopic (exact) mass is 372 g/mol. The number of carbonyl (C=O) groups excluding carboxylic acids is 2. The van der Waals surface area contributed by atoms with Crippen LogP contribution < -0.4 is 15.6 Å². The topological polar surface area (TPSA) is 67.4 Å². The first-order chi connectivity index (χ1) is 10.9. The lowest BCUT2D eigenvalue weighted by Crippen LogP contribution is -2.41. The molecule has 120 valence electrons. The largest absolute Gasteiger partial charge is 0.496 e. The van der Waals surface area contributed by atoms with E-state index >= 15 is 0 Å². The first-order valence-electron chi connectivity index (χ1n) is 6.31. The molecule has 23 heavy (non-hydrogen) atoms. The zero-order chi connectivity index (χ0) is 17.0. The summed E-state index contributed by atoms with van der Waals surface area (Å²) in [5.74, 6) is -0.848. The van der Waals surface area contributed by atoms with Gasteiger partial charge in [0.2, 0.25) is 0 Å². The molecule has 2 amide bonds. The zero-order valence-electron chi connectivity index (χ0n) is 11.8. The number of hydrogen-bond acceptors (Lipinski definition) is 3. The molecule has 0 fully saturated rings. The fraction of sp³-hybridized carbons (Fsp3) is 0.0667. The standard InChI is InChI=1S/C15H11Cl3N2O3/c1-23-13-7-9(17)3-5-11(13)15(22)20-19-14(21)10-4-2-8(16)6-12(10)18/h2-7H,1H3,(H,19,21)(H,20,22). The Morgan fingerprint density at radius 1 is 0.870 bits per heavy atom. The van der Waals surface area contributed by atoms with Gasteiger partial charge in [-0.15, -0.1) is 0 Å². The maximum absolute atomic E-state index is 12.1. The van der Waals surface area contributed by atoms with Gasteiger partial charge < -0.3 is 4.74 Å². The highest BCUT2D eigenvalue weighted by atomic mass is 35.5. The summed E-state index contributed by atoms with van der Waals surface area (Å²) in [5.41, 5.74) is 4.95. The molecule has 0 atom stereocenters. The molecular formula is C15H11Cl3N2O3. The van der Waals surface area contributed by atoms with Crippen LogP contribution in [0.25, 0.3) is 0 Å². The second-order valence-corrected chi connectivity index (χ2v) is 5.66. The van der Waals surface area contributed by atoms with Crippen molar-refractivity contribution in [2.45, 2.75) is 0 Å². The molecule has 0 aliphatic carbocycles. The SMILES string of the molecule is COc1cc(Cl)ccc1C(=O)NNC(=O)c1ccc(Cl)cc1Cl. The van der Waals surface area contributed by atoms with Gasteiger partial charge in [-0.2, -0.15) is 0 Å². The van der Waals surface area contributed by atoms with Gasteiger partial charge in [0.25, 0.3) is 11.8 Å². The average molecular weight is 374 g/mol. The molecule has 2 aromatic rings. The van der Waals surface area contributed by atoms with Crippen molar-refractivity contribution in [3.8, 4) is 5.75 Å². The third-order valence-electron chi connectivity index (χ3n) is 2.87. The van der Waals surface area contributed by atoms with Crippen molar-refractivity contribution >= 4 is 46.6 Å². The molecular weight excluding hydrogens is 363 g/mol. The van der Waals surface area contributed by atoms with E-state index in [0.29, 0.717) is 10.0 Å². The number of ether oxygens (including phenoxy) is 1. The minimum atomic E-state index is -0.576. The van der Waals surface area contributed by atoms with Crippen LogP contribution in [-0.4, -0.2) is 18.9 Å². The Morgan fingerprint density at radius 3 is 1.96 bits per heavy atom. The molecule has 5 nitrogen and oxygen atoms in total. The highest BCUT2D eigenvalue weighted by Crippen LogP contribution is 2.23. The minimum absolute atomic E-state index is 0.174. The van der Waals surface area contributed by atoms with Crippen molar-refractivity contribution in [1.82, 2.24) is 10.9 Å². The van der Waals surface area contributed by atoms with E-state index in [4.69, 9.17) is 39.5 Å². The molecule has 0 aromatic heterocycles. The number of halogens is 3. The smallest absolute Gasteiger partial charge is 0.273 e. The van der Waals surface area contributed by atoms with Crippen LogP contribution in [0.3, 0.4) is 0 Å². The van der Waals surface area contributed by atoms with E-state index in [2.05, 4.69) is 10.9 Å². The summed E-state index contributed by atoms with van der Waals surface area (Å²) in [7, 11) is 1.41. The molecule has 0 radical (unpaired) electrons. The number of benzene rings is 2. The van der Waals surface area contributed by atoms with Crippen LogP contribution in [0.15, 0.2) is 36.4 Å². The number of rotatable bonds is 3. The third-order valence-corrected chi connectivity index (χ3v) is 3.66. The van der Waals surface area contributed by atoms with Crippen LogP contribution in [0.1, 0.15) is 20.7 Å². The summed E-state index contributed by atoms with van der Waals surface area (Å²) in [4.78, 5) is 24.1. The summed E-state index contributed by atoms with van der Waals surface area (Å²) in [6.45, 7) is 0. The van der Waals surface area contributed by atoms with Gasteiger partial charge >= 0.3 is 0 Å². The maximum atomic E-state index is 12.1. The van der Waals surface area contributed by atoms with Gasteiger partial charge in [0.1, 0.15) is 5.75 Å². The van der Waals surface area contributed by atoms with Gasteiger partial charge in [-0.3, -0.25) is 20.4 Å². The first-order valence-corrected chi connectivity index (χ1v) is 7.45. The van der Waals surface area contributed by atoms with E-state index in [1.54, 1.807) is 0 Å². The summed E-state index contributed by atoms with van der Waals surface area (Å²) in [5, 5.41) is 1.00. The van der Waals surface area contributed by atoms with E-state index in [1.165, 1.54) is 43.5 Å². The lowest BCUT2D eigenvalue weighted by molar-refractivity contribution is 0.0845. The van der Waals surface area contributed by atoms with Gasteiger partial charge in [0.05, 0.1) is 23.3 Å². The molecule has 0 saturated heterocycles. The van der Waals surface area contributed by atoms with Crippen molar-refractivity contribution < 1.29 is 14.3 Å². The Labute approximate surface area is 147 Å². The van der Waals surface area contributed by atoms with Gasteiger partial charge in [0.15, 0.2) is 0 Å². The Morgan fingerprint density at radius 2 is 1.39 bits per heavy atom. The van der Waals surface area contributed by atoms with Crippen LogP contribution in [-0.2, 0) is 0 Å². The van der Waals surface area contributed by atoms with Gasteiger partial charge in [-0.1, -0.05) is 34.8 Å². The van der Waals surface area contributed by atoms with E-state index in [1.807, 2.05) is 0 Å². The van der Waals surface area contributed by atoms with Crippen LogP contribution in [0.5, 0.6) is 5.75 Å². The molecule has 8 heteroatoms. The fourth-order valence-electron chi connectivity index (χ4n) is 1.77. The van der Waals surface area contributed by atoms with Gasteiger partial charge in [0, 0.05) is 10.0 Å². The summed E-state index contributed by atoms with van der Waals surface area (Å²) < 4.78 is 5.08. The van der Waals surface area contributed by atoms with Crippen LogP contribution in [0.4, 0.5) is 0 Å². The Balaban J connectivity index is 2.08. The van der Waals surface area contributed by atoms with Crippen molar-refractivity contribution in [3.05, 3.63) is 62.6 Å². The highest BCUT2D eigenvalue weighted by molar-refractivity contribution is 6.36. The minimum Gasteiger partial charge on any atom is -0.496 e. The second kappa shape index (κ2) is 7.55. The molecule has 2 rings (SSSR count). The Hall–Kier alpha value is -1.95. The van der Waals surface area contributed by atoms with E-state index in [0.717, 1.165) is 0 Å². The van der Waals surface area contributed by atoms with Crippen molar-refractivity contribution in [1.29, 1.82) is 0 Å². The molecule has 0 aliphatic heterocycles. The maximum Gasteiger partial charge on any atom is 0.273 e. The molecule has 0 unspecified atom stereocenters. The summed E-state index contributed by atoms with van der Waals surface area (Å²) >= 11 is 17.5. The number of hydrazine groups is 1. The predicted octanol–water partition coefficient (Wildman–Crippen LogP) is 3.73. The van der Waals surface area contributed by atoms with Crippen molar-refractivity contribution in [2.24, 2.45) is 0 Å². The number of hydrogen-bond donors (Lipinski definition) is 2. The summed E-state index contributed by atoms with van der Waals surface area (Å²) in [6.07, 6.45) is 0. The fourth-order valence-corrected chi connectivity index (χ4v) is 2.43. The second-order valence-electron chi connectivity index (χ2n) is 4.38. The third kappa shape index (κ3) is 4.28. The highest BCUT2D eigenvalue weighted by Gasteiger charge is 2.15. The average Bonchev–Trinajstić information content (AvgIpc) is 2.52. The predicted molar refractivity (Wildman–Crippen MR) is 89.4 cm³/mol. The zero-order valence-corrected chi connectivity index (χ0v) is 14.1. The molecule has 0 saturated carbocycles. The molecule has 0 aliphatic rings. The van der Waals surface area contributed by atoms with Gasteiger partial charge in [-0.25, -0.2) is 0 Å². The number of amides is 2. The number of methoxy groups -OCH3 is 1. The van der Waals surface area contributed by atoms with Crippen LogP contribution >= 0.6 is 34.8 Å². The number of carbonyl (C=O) groups is 2. The van der Waals surface area contributed by atoms with Crippen LogP contribution in [0, 0.1) is 0 Å². The quantitative estimate of drug-likeness (QED) is 0.806. The van der Waals surface area contributed by atoms with Gasteiger partial charge in [-0.05, 0) is 36.4 Å².